The lowest BCUT2D eigenvalue weighted by molar-refractivity contribution is -0.170. The number of carbonyl (C=O) groups is 2. The molecule has 4 rings (SSSR count). The van der Waals surface area contributed by atoms with Crippen LogP contribution in [0.4, 0.5) is 4.79 Å². The van der Waals surface area contributed by atoms with Crippen LogP contribution >= 0.6 is 0 Å². The highest BCUT2D eigenvalue weighted by molar-refractivity contribution is 5.79. The minimum atomic E-state index is -0.591. The Morgan fingerprint density at radius 1 is 1.06 bits per heavy atom. The Morgan fingerprint density at radius 2 is 1.71 bits per heavy atom. The molecule has 0 spiro atoms. The van der Waals surface area contributed by atoms with E-state index in [0.717, 1.165) is 12.8 Å². The highest BCUT2D eigenvalue weighted by Crippen LogP contribution is 2.44. The zero-order valence-electron chi connectivity index (χ0n) is 20.1. The van der Waals surface area contributed by atoms with E-state index in [1.807, 2.05) is 24.3 Å². The lowest BCUT2D eigenvalue weighted by Crippen LogP contribution is -2.48. The van der Waals surface area contributed by atoms with Gasteiger partial charge in [0.05, 0.1) is 12.6 Å². The maximum Gasteiger partial charge on any atom is 0.407 e. The molecule has 1 amide bonds. The number of benzene rings is 2. The molecular formula is C27H34N2O5. The molecule has 34 heavy (non-hydrogen) atoms. The number of amides is 1. The lowest BCUT2D eigenvalue weighted by Gasteiger charge is -2.25. The van der Waals surface area contributed by atoms with E-state index in [0.29, 0.717) is 19.1 Å². The first-order chi connectivity index (χ1) is 16.4. The van der Waals surface area contributed by atoms with Crippen molar-refractivity contribution in [3.8, 4) is 11.1 Å². The Hall–Kier alpha value is -2.90. The van der Waals surface area contributed by atoms with Gasteiger partial charge >= 0.3 is 12.1 Å². The highest BCUT2D eigenvalue weighted by Gasteiger charge is 2.32. The van der Waals surface area contributed by atoms with E-state index in [-0.39, 0.29) is 30.6 Å². The molecule has 7 heteroatoms. The summed E-state index contributed by atoms with van der Waals surface area (Å²) < 4.78 is 16.5. The Labute approximate surface area is 201 Å². The number of hydrogen-bond acceptors (Lipinski definition) is 6. The fraction of sp³-hybridized carbons (Fsp3) is 0.481. The molecule has 0 aromatic heterocycles. The van der Waals surface area contributed by atoms with E-state index in [1.165, 1.54) is 29.2 Å². The first-order valence-electron chi connectivity index (χ1n) is 12.1. The summed E-state index contributed by atoms with van der Waals surface area (Å²) in [6.07, 6.45) is 0.528. The maximum atomic E-state index is 12.8. The van der Waals surface area contributed by atoms with E-state index in [4.69, 9.17) is 14.2 Å². The van der Waals surface area contributed by atoms with Crippen LogP contribution in [0.15, 0.2) is 48.5 Å². The van der Waals surface area contributed by atoms with Gasteiger partial charge in [0.25, 0.3) is 0 Å². The van der Waals surface area contributed by atoms with Crippen molar-refractivity contribution in [1.29, 1.82) is 0 Å². The largest absolute Gasteiger partial charge is 0.449 e. The molecule has 0 saturated carbocycles. The van der Waals surface area contributed by atoms with Crippen molar-refractivity contribution in [3.05, 3.63) is 59.7 Å². The molecule has 2 aliphatic rings. The topological polar surface area (TPSA) is 85.9 Å². The molecule has 7 nitrogen and oxygen atoms in total. The second kappa shape index (κ2) is 11.0. The van der Waals surface area contributed by atoms with E-state index < -0.39 is 12.4 Å². The molecule has 0 bridgehead atoms. The number of carbonyl (C=O) groups excluding carboxylic acids is 2. The Morgan fingerprint density at radius 3 is 2.32 bits per heavy atom. The van der Waals surface area contributed by atoms with Crippen molar-refractivity contribution in [2.24, 2.45) is 5.92 Å². The van der Waals surface area contributed by atoms with Gasteiger partial charge in [0.15, 0.2) is 0 Å². The van der Waals surface area contributed by atoms with Gasteiger partial charge in [0, 0.05) is 25.4 Å². The lowest BCUT2D eigenvalue weighted by atomic mass is 9.98. The van der Waals surface area contributed by atoms with E-state index >= 15 is 0 Å². The number of rotatable bonds is 9. The van der Waals surface area contributed by atoms with Crippen LogP contribution in [0.3, 0.4) is 0 Å². The summed E-state index contributed by atoms with van der Waals surface area (Å²) in [6.45, 7) is 6.96. The summed E-state index contributed by atoms with van der Waals surface area (Å²) in [5, 5.41) is 6.43. The monoisotopic (exact) mass is 466 g/mol. The number of nitrogens with one attached hydrogen (secondary N) is 2. The molecule has 182 valence electrons. The summed E-state index contributed by atoms with van der Waals surface area (Å²) in [5.74, 6) is 0.0546. The van der Waals surface area contributed by atoms with Crippen molar-refractivity contribution in [3.63, 3.8) is 0 Å². The van der Waals surface area contributed by atoms with Crippen LogP contribution in [0.25, 0.3) is 11.1 Å². The second-order valence-electron chi connectivity index (χ2n) is 9.45. The molecule has 3 atom stereocenters. The van der Waals surface area contributed by atoms with E-state index in [1.54, 1.807) is 0 Å². The molecule has 0 radical (unpaired) electrons. The fourth-order valence-corrected chi connectivity index (χ4v) is 4.90. The third kappa shape index (κ3) is 5.77. The molecule has 2 aromatic carbocycles. The normalized spacial score (nSPS) is 20.0. The zero-order valence-corrected chi connectivity index (χ0v) is 20.1. The molecular weight excluding hydrogens is 432 g/mol. The summed E-state index contributed by atoms with van der Waals surface area (Å²) >= 11 is 0. The first-order valence-corrected chi connectivity index (χ1v) is 12.1. The third-order valence-electron chi connectivity index (χ3n) is 6.37. The van der Waals surface area contributed by atoms with Gasteiger partial charge in [-0.3, -0.25) is 4.79 Å². The van der Waals surface area contributed by atoms with Gasteiger partial charge in [-0.05, 0) is 41.0 Å². The maximum absolute atomic E-state index is 12.8. The number of hydrogen-bond donors (Lipinski definition) is 2. The number of ether oxygens (including phenoxy) is 3. The fourth-order valence-electron chi connectivity index (χ4n) is 4.90. The van der Waals surface area contributed by atoms with Crippen molar-refractivity contribution in [2.45, 2.75) is 57.9 Å². The molecule has 2 aromatic rings. The van der Waals surface area contributed by atoms with Crippen LogP contribution in [-0.2, 0) is 19.0 Å². The van der Waals surface area contributed by atoms with Crippen LogP contribution in [-0.4, -0.2) is 50.2 Å². The Bertz CT molecular complexity index is 963. The Balaban J connectivity index is 1.34. The summed E-state index contributed by atoms with van der Waals surface area (Å²) in [6, 6.07) is 16.4. The van der Waals surface area contributed by atoms with E-state index in [2.05, 4.69) is 48.7 Å². The van der Waals surface area contributed by atoms with Crippen molar-refractivity contribution < 1.29 is 23.8 Å². The number of fused-ring (bicyclic) bond motifs is 3. The average Bonchev–Trinajstić information content (AvgIpc) is 3.37. The van der Waals surface area contributed by atoms with Crippen LogP contribution < -0.4 is 10.6 Å². The number of alkyl carbamates (subject to hydrolysis) is 1. The van der Waals surface area contributed by atoms with Crippen LogP contribution in [0.2, 0.25) is 0 Å². The van der Waals surface area contributed by atoms with Gasteiger partial charge in [0.2, 0.25) is 6.29 Å². The third-order valence-corrected chi connectivity index (χ3v) is 6.37. The van der Waals surface area contributed by atoms with Gasteiger partial charge in [-0.25, -0.2) is 4.79 Å². The minimum Gasteiger partial charge on any atom is -0.449 e. The predicted octanol–water partition coefficient (Wildman–Crippen LogP) is 4.21. The zero-order chi connectivity index (χ0) is 24.1. The molecule has 2 N–H and O–H groups in total. The summed E-state index contributed by atoms with van der Waals surface area (Å²) in [4.78, 5) is 24.1. The van der Waals surface area contributed by atoms with Gasteiger partial charge in [-0.15, -0.1) is 0 Å². The average molecular weight is 467 g/mol. The van der Waals surface area contributed by atoms with Crippen LogP contribution in [0.5, 0.6) is 0 Å². The molecule has 0 unspecified atom stereocenters. The van der Waals surface area contributed by atoms with Crippen molar-refractivity contribution >= 4 is 12.1 Å². The van der Waals surface area contributed by atoms with E-state index in [9.17, 15) is 9.59 Å². The molecule has 1 saturated heterocycles. The van der Waals surface area contributed by atoms with Crippen LogP contribution in [0.1, 0.15) is 50.7 Å². The molecule has 1 heterocycles. The van der Waals surface area contributed by atoms with Gasteiger partial charge in [-0.2, -0.15) is 0 Å². The molecule has 1 aliphatic carbocycles. The summed E-state index contributed by atoms with van der Waals surface area (Å²) in [7, 11) is 0. The van der Waals surface area contributed by atoms with Gasteiger partial charge in [-0.1, -0.05) is 62.4 Å². The Kier molecular flexibility index (Phi) is 7.85. The predicted molar refractivity (Wildman–Crippen MR) is 129 cm³/mol. The second-order valence-corrected chi connectivity index (χ2v) is 9.45. The van der Waals surface area contributed by atoms with Crippen LogP contribution in [0, 0.1) is 5.92 Å². The smallest absolute Gasteiger partial charge is 0.407 e. The minimum absolute atomic E-state index is 0.0277. The van der Waals surface area contributed by atoms with Crippen molar-refractivity contribution in [2.75, 3.05) is 19.8 Å². The van der Waals surface area contributed by atoms with Crippen molar-refractivity contribution in [1.82, 2.24) is 10.6 Å². The molecule has 1 aliphatic heterocycles. The number of esters is 1. The van der Waals surface area contributed by atoms with Gasteiger partial charge < -0.3 is 24.8 Å². The first kappa shape index (κ1) is 24.2. The summed E-state index contributed by atoms with van der Waals surface area (Å²) in [5.41, 5.74) is 4.79. The SMILES string of the molecule is CC(=O)O[C@@H]1OCC[C@@H]1NC[C@@H](CC(C)C)NC(=O)OCC1c2ccccc2-c2ccccc21. The molecule has 1 fully saturated rings. The highest BCUT2D eigenvalue weighted by atomic mass is 16.7. The standard InChI is InChI=1S/C27H34N2O5/c1-17(2)14-19(15-28-25-12-13-32-26(25)34-18(3)30)29-27(31)33-16-24-22-10-6-4-8-20(22)21-9-5-7-11-23(21)24/h4-11,17,19,24-26,28H,12-16H2,1-3H3,(H,29,31)/t19-,25+,26+/m1/s1. The van der Waals surface area contributed by atoms with Gasteiger partial charge in [0.1, 0.15) is 6.61 Å². The quantitative estimate of drug-likeness (QED) is 0.539.